The van der Waals surface area contributed by atoms with Gasteiger partial charge in [0.15, 0.2) is 0 Å². The smallest absolute Gasteiger partial charge is 0.234 e. The second kappa shape index (κ2) is 8.81. The van der Waals surface area contributed by atoms with E-state index in [1.54, 1.807) is 0 Å². The van der Waals surface area contributed by atoms with E-state index in [1.807, 2.05) is 4.90 Å². The highest BCUT2D eigenvalue weighted by Crippen LogP contribution is 2.20. The van der Waals surface area contributed by atoms with Crippen LogP contribution in [0.4, 0.5) is 0 Å². The molecule has 0 spiro atoms. The molecule has 3 fully saturated rings. The highest BCUT2D eigenvalue weighted by atomic mass is 16.5. The number of nitrogens with zero attached hydrogens (tertiary/aromatic N) is 2. The largest absolute Gasteiger partial charge is 0.378 e. The fraction of sp³-hybridized carbons (Fsp3) is 0.889. The van der Waals surface area contributed by atoms with E-state index < -0.39 is 0 Å². The van der Waals surface area contributed by atoms with E-state index in [-0.39, 0.29) is 17.7 Å². The van der Waals surface area contributed by atoms with E-state index in [2.05, 4.69) is 10.2 Å². The molecule has 3 rings (SSSR count). The number of likely N-dealkylation sites (tertiary alicyclic amines) is 1. The summed E-state index contributed by atoms with van der Waals surface area (Å²) in [5.41, 5.74) is 0. The number of carbonyl (C=O) groups excluding carboxylic acids is 2. The number of rotatable bonds is 4. The second-order valence-corrected chi connectivity index (χ2v) is 7.41. The van der Waals surface area contributed by atoms with Gasteiger partial charge >= 0.3 is 0 Å². The Balaban J connectivity index is 1.44. The lowest BCUT2D eigenvalue weighted by Crippen LogP contribution is -2.50. The number of hydrogen-bond donors (Lipinski definition) is 1. The zero-order chi connectivity index (χ0) is 16.8. The Morgan fingerprint density at radius 1 is 0.958 bits per heavy atom. The predicted molar refractivity (Wildman–Crippen MR) is 91.6 cm³/mol. The van der Waals surface area contributed by atoms with E-state index in [9.17, 15) is 9.59 Å². The predicted octanol–water partition coefficient (Wildman–Crippen LogP) is 1.01. The van der Waals surface area contributed by atoms with Gasteiger partial charge in [-0.05, 0) is 32.2 Å². The van der Waals surface area contributed by atoms with Gasteiger partial charge in [-0.15, -0.1) is 0 Å². The molecule has 1 aliphatic carbocycles. The molecule has 136 valence electrons. The SMILES string of the molecule is O=C(CN1CCCC(C(=O)N2CCOCC2)C1)NC1CCCCC1. The Bertz CT molecular complexity index is 431. The first-order chi connectivity index (χ1) is 11.7. The quantitative estimate of drug-likeness (QED) is 0.832. The fourth-order valence-corrected chi connectivity index (χ4v) is 4.17. The average molecular weight is 337 g/mol. The molecule has 2 amide bonds. The van der Waals surface area contributed by atoms with Crippen molar-refractivity contribution in [1.82, 2.24) is 15.1 Å². The van der Waals surface area contributed by atoms with E-state index in [0.717, 1.165) is 32.2 Å². The summed E-state index contributed by atoms with van der Waals surface area (Å²) in [6.07, 6.45) is 7.92. The van der Waals surface area contributed by atoms with Crippen LogP contribution < -0.4 is 5.32 Å². The summed E-state index contributed by atoms with van der Waals surface area (Å²) in [5, 5.41) is 3.18. The van der Waals surface area contributed by atoms with Crippen molar-refractivity contribution in [3.05, 3.63) is 0 Å². The molecule has 6 nitrogen and oxygen atoms in total. The average Bonchev–Trinajstić information content (AvgIpc) is 2.63. The number of carbonyl (C=O) groups is 2. The van der Waals surface area contributed by atoms with Crippen molar-refractivity contribution in [1.29, 1.82) is 0 Å². The van der Waals surface area contributed by atoms with Gasteiger partial charge in [-0.1, -0.05) is 19.3 Å². The van der Waals surface area contributed by atoms with Gasteiger partial charge in [0.2, 0.25) is 11.8 Å². The summed E-state index contributed by atoms with van der Waals surface area (Å²) in [7, 11) is 0. The monoisotopic (exact) mass is 337 g/mol. The van der Waals surface area contributed by atoms with Crippen LogP contribution in [0.3, 0.4) is 0 Å². The number of hydrogen-bond acceptors (Lipinski definition) is 4. The van der Waals surface area contributed by atoms with Gasteiger partial charge in [0.25, 0.3) is 0 Å². The van der Waals surface area contributed by atoms with Crippen LogP contribution in [0.15, 0.2) is 0 Å². The molecule has 3 aliphatic rings. The zero-order valence-electron chi connectivity index (χ0n) is 14.7. The molecule has 0 aromatic rings. The second-order valence-electron chi connectivity index (χ2n) is 7.41. The first-order valence-electron chi connectivity index (χ1n) is 9.60. The van der Waals surface area contributed by atoms with Crippen LogP contribution in [-0.4, -0.2) is 73.6 Å². The minimum Gasteiger partial charge on any atom is -0.378 e. The third kappa shape index (κ3) is 4.93. The van der Waals surface area contributed by atoms with Crippen molar-refractivity contribution in [2.45, 2.75) is 51.0 Å². The Kier molecular flexibility index (Phi) is 6.49. The molecular formula is C18H31N3O3. The lowest BCUT2D eigenvalue weighted by atomic mass is 9.95. The van der Waals surface area contributed by atoms with Crippen molar-refractivity contribution in [3.8, 4) is 0 Å². The highest BCUT2D eigenvalue weighted by molar-refractivity contribution is 5.80. The topological polar surface area (TPSA) is 61.9 Å². The van der Waals surface area contributed by atoms with Gasteiger partial charge in [-0.3, -0.25) is 14.5 Å². The van der Waals surface area contributed by atoms with Crippen LogP contribution in [-0.2, 0) is 14.3 Å². The van der Waals surface area contributed by atoms with E-state index in [1.165, 1.54) is 19.3 Å². The van der Waals surface area contributed by atoms with Gasteiger partial charge < -0.3 is 15.0 Å². The van der Waals surface area contributed by atoms with Gasteiger partial charge in [0.1, 0.15) is 0 Å². The van der Waals surface area contributed by atoms with Gasteiger partial charge in [0, 0.05) is 25.7 Å². The highest BCUT2D eigenvalue weighted by Gasteiger charge is 2.30. The number of ether oxygens (including phenoxy) is 1. The Hall–Kier alpha value is -1.14. The van der Waals surface area contributed by atoms with Crippen molar-refractivity contribution < 1.29 is 14.3 Å². The lowest BCUT2D eigenvalue weighted by Gasteiger charge is -2.36. The standard InChI is InChI=1S/C18H31N3O3/c22-17(19-16-6-2-1-3-7-16)14-20-8-4-5-15(13-20)18(23)21-9-11-24-12-10-21/h15-16H,1-14H2,(H,19,22). The number of amides is 2. The normalized spacial score (nSPS) is 27.0. The Morgan fingerprint density at radius 2 is 1.71 bits per heavy atom. The van der Waals surface area contributed by atoms with Crippen LogP contribution >= 0.6 is 0 Å². The molecule has 1 atom stereocenters. The van der Waals surface area contributed by atoms with Crippen LogP contribution in [0.1, 0.15) is 44.9 Å². The molecule has 0 aromatic heterocycles. The molecule has 0 bridgehead atoms. The minimum absolute atomic E-state index is 0.0410. The first kappa shape index (κ1) is 17.7. The molecule has 2 heterocycles. The van der Waals surface area contributed by atoms with E-state index in [4.69, 9.17) is 4.74 Å². The lowest BCUT2D eigenvalue weighted by molar-refractivity contribution is -0.142. The number of piperidine rings is 1. The molecular weight excluding hydrogens is 306 g/mol. The molecule has 1 N–H and O–H groups in total. The molecule has 0 aromatic carbocycles. The maximum atomic E-state index is 12.6. The van der Waals surface area contributed by atoms with Crippen molar-refractivity contribution in [2.24, 2.45) is 5.92 Å². The van der Waals surface area contributed by atoms with Crippen molar-refractivity contribution in [2.75, 3.05) is 45.9 Å². The van der Waals surface area contributed by atoms with Gasteiger partial charge in [0.05, 0.1) is 25.7 Å². The summed E-state index contributed by atoms with van der Waals surface area (Å²) < 4.78 is 5.33. The number of nitrogens with one attached hydrogen (secondary N) is 1. The molecule has 2 aliphatic heterocycles. The summed E-state index contributed by atoms with van der Waals surface area (Å²) in [5.74, 6) is 0.413. The summed E-state index contributed by atoms with van der Waals surface area (Å²) in [6.45, 7) is 4.77. The maximum absolute atomic E-state index is 12.6. The van der Waals surface area contributed by atoms with Crippen LogP contribution in [0.5, 0.6) is 0 Å². The Morgan fingerprint density at radius 3 is 2.46 bits per heavy atom. The molecule has 0 radical (unpaired) electrons. The van der Waals surface area contributed by atoms with E-state index >= 15 is 0 Å². The van der Waals surface area contributed by atoms with Crippen LogP contribution in [0.25, 0.3) is 0 Å². The minimum atomic E-state index is 0.0410. The molecule has 2 saturated heterocycles. The van der Waals surface area contributed by atoms with Gasteiger partial charge in [-0.2, -0.15) is 0 Å². The van der Waals surface area contributed by atoms with Crippen molar-refractivity contribution in [3.63, 3.8) is 0 Å². The maximum Gasteiger partial charge on any atom is 0.234 e. The summed E-state index contributed by atoms with van der Waals surface area (Å²) in [4.78, 5) is 29.0. The third-order valence-corrected chi connectivity index (χ3v) is 5.52. The molecule has 24 heavy (non-hydrogen) atoms. The van der Waals surface area contributed by atoms with Crippen LogP contribution in [0, 0.1) is 5.92 Å². The third-order valence-electron chi connectivity index (χ3n) is 5.52. The first-order valence-corrected chi connectivity index (χ1v) is 9.60. The fourth-order valence-electron chi connectivity index (χ4n) is 4.17. The molecule has 1 saturated carbocycles. The summed E-state index contributed by atoms with van der Waals surface area (Å²) >= 11 is 0. The molecule has 6 heteroatoms. The van der Waals surface area contributed by atoms with E-state index in [0.29, 0.717) is 45.4 Å². The summed E-state index contributed by atoms with van der Waals surface area (Å²) in [6, 6.07) is 0.363. The van der Waals surface area contributed by atoms with Gasteiger partial charge in [-0.25, -0.2) is 0 Å². The molecule has 1 unspecified atom stereocenters. The zero-order valence-corrected chi connectivity index (χ0v) is 14.7. The van der Waals surface area contributed by atoms with Crippen molar-refractivity contribution >= 4 is 11.8 Å². The van der Waals surface area contributed by atoms with Crippen LogP contribution in [0.2, 0.25) is 0 Å². The number of morpholine rings is 1. The Labute approximate surface area is 144 Å².